The fourth-order valence-corrected chi connectivity index (χ4v) is 2.13. The molecule has 0 radical (unpaired) electrons. The van der Waals surface area contributed by atoms with Crippen LogP contribution < -0.4 is 10.6 Å². The number of non-ortho nitro benzene ring substituents is 1. The number of carbonyl (C=O) groups excluding carboxylic acids is 1. The highest BCUT2D eigenvalue weighted by Crippen LogP contribution is 2.23. The molecule has 0 fully saturated rings. The number of anilines is 1. The molecule has 0 heterocycles. The number of halogens is 1. The number of carbonyl (C=O) groups is 1. The molecule has 2 N–H and O–H groups in total. The molecule has 21 heavy (non-hydrogen) atoms. The van der Waals surface area contributed by atoms with Gasteiger partial charge in [0.05, 0.1) is 4.92 Å². The minimum Gasteiger partial charge on any atom is -0.444 e. The van der Waals surface area contributed by atoms with E-state index in [1.165, 1.54) is 12.1 Å². The van der Waals surface area contributed by atoms with E-state index in [1.807, 2.05) is 22.6 Å². The van der Waals surface area contributed by atoms with E-state index in [4.69, 9.17) is 4.74 Å². The fourth-order valence-electron chi connectivity index (χ4n) is 1.44. The summed E-state index contributed by atoms with van der Waals surface area (Å²) in [6.45, 7) is 6.27. The van der Waals surface area contributed by atoms with Crippen LogP contribution in [0, 0.1) is 13.7 Å². The maximum Gasteiger partial charge on any atom is 0.407 e. The second-order valence-electron chi connectivity index (χ2n) is 5.28. The van der Waals surface area contributed by atoms with Gasteiger partial charge in [0.15, 0.2) is 0 Å². The Balaban J connectivity index is 2.40. The summed E-state index contributed by atoms with van der Waals surface area (Å²) < 4.78 is 5.85. The van der Waals surface area contributed by atoms with Gasteiger partial charge in [-0.1, -0.05) is 0 Å². The first kappa shape index (κ1) is 17.5. The van der Waals surface area contributed by atoms with E-state index in [1.54, 1.807) is 26.8 Å². The van der Waals surface area contributed by atoms with E-state index in [0.717, 1.165) is 9.26 Å². The number of amides is 1. The van der Waals surface area contributed by atoms with Crippen molar-refractivity contribution in [1.82, 2.24) is 5.32 Å². The molecular formula is C13H18IN3O4. The smallest absolute Gasteiger partial charge is 0.407 e. The van der Waals surface area contributed by atoms with Crippen LogP contribution in [0.3, 0.4) is 0 Å². The SMILES string of the molecule is CC(C)(C)OC(=O)NCCNc1ccc([N+](=O)[O-])cc1I. The van der Waals surface area contributed by atoms with Crippen LogP contribution in [0.2, 0.25) is 0 Å². The standard InChI is InChI=1S/C13H18IN3O4/c1-13(2,3)21-12(18)16-7-6-15-11-5-4-9(17(19)20)8-10(11)14/h4-5,8,15H,6-7H2,1-3H3,(H,16,18). The molecule has 0 aromatic heterocycles. The number of nitrogens with one attached hydrogen (secondary N) is 2. The summed E-state index contributed by atoms with van der Waals surface area (Å²) in [4.78, 5) is 21.6. The minimum atomic E-state index is -0.523. The zero-order chi connectivity index (χ0) is 16.0. The molecule has 7 nitrogen and oxygen atoms in total. The van der Waals surface area contributed by atoms with Gasteiger partial charge in [-0.3, -0.25) is 10.1 Å². The van der Waals surface area contributed by atoms with E-state index in [2.05, 4.69) is 10.6 Å². The topological polar surface area (TPSA) is 93.5 Å². The summed E-state index contributed by atoms with van der Waals surface area (Å²) in [5.41, 5.74) is 0.314. The van der Waals surface area contributed by atoms with Crippen LogP contribution >= 0.6 is 22.6 Å². The molecule has 1 aromatic carbocycles. The Bertz CT molecular complexity index is 529. The summed E-state index contributed by atoms with van der Waals surface area (Å²) in [7, 11) is 0. The number of benzene rings is 1. The number of nitro groups is 1. The van der Waals surface area contributed by atoms with Gasteiger partial charge in [0, 0.05) is 34.5 Å². The van der Waals surface area contributed by atoms with Gasteiger partial charge < -0.3 is 15.4 Å². The van der Waals surface area contributed by atoms with Crippen molar-refractivity contribution in [2.45, 2.75) is 26.4 Å². The molecule has 0 bridgehead atoms. The van der Waals surface area contributed by atoms with Crippen LogP contribution in [0.1, 0.15) is 20.8 Å². The summed E-state index contributed by atoms with van der Waals surface area (Å²) in [6.07, 6.45) is -0.470. The predicted molar refractivity (Wildman–Crippen MR) is 88.5 cm³/mol. The van der Waals surface area contributed by atoms with Gasteiger partial charge in [0.25, 0.3) is 5.69 Å². The number of hydrogen-bond acceptors (Lipinski definition) is 5. The van der Waals surface area contributed by atoms with Crippen LogP contribution in [-0.2, 0) is 4.74 Å². The van der Waals surface area contributed by atoms with Gasteiger partial charge in [-0.05, 0) is 49.4 Å². The lowest BCUT2D eigenvalue weighted by Gasteiger charge is -2.19. The number of nitrogens with zero attached hydrogens (tertiary/aromatic N) is 1. The Morgan fingerprint density at radius 3 is 2.57 bits per heavy atom. The van der Waals surface area contributed by atoms with Crippen LogP contribution in [-0.4, -0.2) is 29.7 Å². The van der Waals surface area contributed by atoms with Gasteiger partial charge in [-0.25, -0.2) is 4.79 Å². The Morgan fingerprint density at radius 1 is 1.38 bits per heavy atom. The highest BCUT2D eigenvalue weighted by Gasteiger charge is 2.15. The number of ether oxygens (including phenoxy) is 1. The molecule has 1 amide bonds. The van der Waals surface area contributed by atoms with Crippen molar-refractivity contribution in [2.24, 2.45) is 0 Å². The molecule has 0 aliphatic carbocycles. The van der Waals surface area contributed by atoms with Gasteiger partial charge in [0.2, 0.25) is 0 Å². The van der Waals surface area contributed by atoms with Gasteiger partial charge >= 0.3 is 6.09 Å². The molecule has 0 aliphatic heterocycles. The van der Waals surface area contributed by atoms with Gasteiger partial charge in [0.1, 0.15) is 5.60 Å². The zero-order valence-electron chi connectivity index (χ0n) is 12.1. The van der Waals surface area contributed by atoms with Crippen LogP contribution in [0.4, 0.5) is 16.2 Å². The molecular weight excluding hydrogens is 389 g/mol. The lowest BCUT2D eigenvalue weighted by Crippen LogP contribution is -2.35. The van der Waals surface area contributed by atoms with E-state index in [9.17, 15) is 14.9 Å². The number of rotatable bonds is 5. The molecule has 0 aliphatic rings. The van der Waals surface area contributed by atoms with Crippen LogP contribution in [0.25, 0.3) is 0 Å². The molecule has 0 atom stereocenters. The third-order valence-corrected chi connectivity index (χ3v) is 3.16. The van der Waals surface area contributed by atoms with Crippen molar-refractivity contribution in [3.8, 4) is 0 Å². The first-order valence-corrected chi connectivity index (χ1v) is 7.41. The van der Waals surface area contributed by atoms with E-state index >= 15 is 0 Å². The molecule has 8 heteroatoms. The minimum absolute atomic E-state index is 0.0526. The maximum atomic E-state index is 11.4. The lowest BCUT2D eigenvalue weighted by atomic mass is 10.2. The maximum absolute atomic E-state index is 11.4. The molecule has 116 valence electrons. The second kappa shape index (κ2) is 7.43. The molecule has 0 saturated carbocycles. The quantitative estimate of drug-likeness (QED) is 0.339. The Morgan fingerprint density at radius 2 is 2.05 bits per heavy atom. The number of hydrogen-bond donors (Lipinski definition) is 2. The summed E-state index contributed by atoms with van der Waals surface area (Å²) in [5.74, 6) is 0. The van der Waals surface area contributed by atoms with Crippen molar-refractivity contribution in [1.29, 1.82) is 0 Å². The lowest BCUT2D eigenvalue weighted by molar-refractivity contribution is -0.384. The second-order valence-corrected chi connectivity index (χ2v) is 6.44. The van der Waals surface area contributed by atoms with Crippen molar-refractivity contribution in [3.63, 3.8) is 0 Å². The van der Waals surface area contributed by atoms with E-state index < -0.39 is 16.6 Å². The first-order valence-electron chi connectivity index (χ1n) is 6.34. The van der Waals surface area contributed by atoms with Crippen molar-refractivity contribution in [3.05, 3.63) is 31.9 Å². The molecule has 0 saturated heterocycles. The molecule has 1 aromatic rings. The third-order valence-electron chi connectivity index (χ3n) is 2.27. The van der Waals surface area contributed by atoms with Gasteiger partial charge in [-0.15, -0.1) is 0 Å². The molecule has 1 rings (SSSR count). The monoisotopic (exact) mass is 407 g/mol. The normalized spacial score (nSPS) is 10.9. The van der Waals surface area contributed by atoms with Crippen molar-refractivity contribution >= 4 is 40.1 Å². The number of nitro benzene ring substituents is 1. The largest absolute Gasteiger partial charge is 0.444 e. The Kier molecular flexibility index (Phi) is 6.19. The molecule has 0 spiro atoms. The summed E-state index contributed by atoms with van der Waals surface area (Å²) >= 11 is 2.02. The molecule has 0 unspecified atom stereocenters. The predicted octanol–water partition coefficient (Wildman–Crippen LogP) is 3.14. The van der Waals surface area contributed by atoms with E-state index in [0.29, 0.717) is 13.1 Å². The third kappa shape index (κ3) is 6.61. The van der Waals surface area contributed by atoms with E-state index in [-0.39, 0.29) is 5.69 Å². The summed E-state index contributed by atoms with van der Waals surface area (Å²) in [5, 5.41) is 16.4. The van der Waals surface area contributed by atoms with Crippen molar-refractivity contribution < 1.29 is 14.5 Å². The highest BCUT2D eigenvalue weighted by atomic mass is 127. The Hall–Kier alpha value is -1.58. The average molecular weight is 407 g/mol. The first-order chi connectivity index (χ1) is 9.69. The summed E-state index contributed by atoms with van der Waals surface area (Å²) in [6, 6.07) is 4.57. The fraction of sp³-hybridized carbons (Fsp3) is 0.462. The average Bonchev–Trinajstić information content (AvgIpc) is 2.33. The van der Waals surface area contributed by atoms with Crippen LogP contribution in [0.15, 0.2) is 18.2 Å². The number of alkyl carbamates (subject to hydrolysis) is 1. The Labute approximate surface area is 136 Å². The zero-order valence-corrected chi connectivity index (χ0v) is 14.3. The van der Waals surface area contributed by atoms with Crippen LogP contribution in [0.5, 0.6) is 0 Å². The van der Waals surface area contributed by atoms with Gasteiger partial charge in [-0.2, -0.15) is 0 Å². The highest BCUT2D eigenvalue weighted by molar-refractivity contribution is 14.1. The van der Waals surface area contributed by atoms with Crippen molar-refractivity contribution in [2.75, 3.05) is 18.4 Å².